The van der Waals surface area contributed by atoms with Gasteiger partial charge in [-0.25, -0.2) is 0 Å². The second-order valence-electron chi connectivity index (χ2n) is 1.92. The summed E-state index contributed by atoms with van der Waals surface area (Å²) in [5.41, 5.74) is 0. The first-order valence-electron chi connectivity index (χ1n) is 4.75. The van der Waals surface area contributed by atoms with E-state index in [9.17, 15) is 0 Å². The van der Waals surface area contributed by atoms with E-state index < -0.39 is 0 Å². The van der Waals surface area contributed by atoms with E-state index in [0.29, 0.717) is 0 Å². The van der Waals surface area contributed by atoms with Crippen molar-refractivity contribution in [1.82, 2.24) is 0 Å². The molecule has 0 saturated carbocycles. The summed E-state index contributed by atoms with van der Waals surface area (Å²) < 4.78 is 0. The van der Waals surface area contributed by atoms with Crippen molar-refractivity contribution in [2.24, 2.45) is 0 Å². The molecular weight excluding hydrogens is 259 g/mol. The van der Waals surface area contributed by atoms with Gasteiger partial charge in [0, 0.05) is 12.8 Å². The van der Waals surface area contributed by atoms with Gasteiger partial charge in [0.15, 0.2) is 0 Å². The Balaban J connectivity index is -0.000000138. The smallest absolute Gasteiger partial charge is 0.346 e. The summed E-state index contributed by atoms with van der Waals surface area (Å²) in [6.07, 6.45) is 20.0. The van der Waals surface area contributed by atoms with Crippen LogP contribution in [0.15, 0.2) is 48.6 Å². The molecule has 2 aliphatic rings. The van der Waals surface area contributed by atoms with E-state index in [1.165, 1.54) is 0 Å². The Hall–Kier alpha value is -0.157. The van der Waals surface area contributed by atoms with Crippen LogP contribution in [0.5, 0.6) is 0 Å². The normalized spacial score (nSPS) is 12.5. The molecule has 0 spiro atoms. The zero-order chi connectivity index (χ0) is 11.1. The van der Waals surface area contributed by atoms with Gasteiger partial charge >= 0.3 is 26.2 Å². The van der Waals surface area contributed by atoms with Crippen molar-refractivity contribution in [2.45, 2.75) is 13.8 Å². The first-order chi connectivity index (χ1) is 7.00. The third-order valence-electron chi connectivity index (χ3n) is 1.11. The quantitative estimate of drug-likeness (QED) is 0.580. The van der Waals surface area contributed by atoms with E-state index in [1.807, 2.05) is 61.4 Å². The maximum absolute atomic E-state index is 3.25. The summed E-state index contributed by atoms with van der Waals surface area (Å²) in [7, 11) is 0. The predicted molar refractivity (Wildman–Crippen MR) is 67.2 cm³/mol. The van der Waals surface area contributed by atoms with E-state index in [4.69, 9.17) is 0 Å². The number of rotatable bonds is 0. The molecule has 0 unspecified atom stereocenters. The van der Waals surface area contributed by atoms with E-state index in [0.717, 1.165) is 0 Å². The monoisotopic (exact) mass is 278 g/mol. The number of allylic oxidation sites excluding steroid dienone is 8. The van der Waals surface area contributed by atoms with Gasteiger partial charge in [-0.2, -0.15) is 13.8 Å². The van der Waals surface area contributed by atoms with Crippen LogP contribution in [-0.2, 0) is 26.2 Å². The molecule has 0 amide bonds. The molecule has 0 aromatic rings. The molecule has 0 fully saturated rings. The van der Waals surface area contributed by atoms with Gasteiger partial charge in [-0.15, -0.1) is 0 Å². The van der Waals surface area contributed by atoms with Crippen LogP contribution in [0.1, 0.15) is 13.8 Å². The minimum atomic E-state index is 0. The SMILES string of the molecule is [CH2-]C.[CH2-]C.[CH]1C=CC=C1.[CH]1C=CC=C1.[Zr+2]. The van der Waals surface area contributed by atoms with Crippen molar-refractivity contribution in [3.63, 3.8) is 0 Å². The fraction of sp³-hybridized carbons (Fsp3) is 0.143. The van der Waals surface area contributed by atoms with Gasteiger partial charge in [-0.3, -0.25) is 0 Å². The predicted octanol–water partition coefficient (Wildman–Crippen LogP) is 4.31. The van der Waals surface area contributed by atoms with E-state index >= 15 is 0 Å². The van der Waals surface area contributed by atoms with E-state index in [2.05, 4.69) is 13.8 Å². The third-order valence-corrected chi connectivity index (χ3v) is 1.11. The van der Waals surface area contributed by atoms with Crippen molar-refractivity contribution < 1.29 is 26.2 Å². The Labute approximate surface area is 115 Å². The summed E-state index contributed by atoms with van der Waals surface area (Å²) in [6, 6.07) is 0. The Bertz CT molecular complexity index is 144. The Morgan fingerprint density at radius 1 is 0.467 bits per heavy atom. The van der Waals surface area contributed by atoms with Gasteiger partial charge in [-0.1, -0.05) is 48.6 Å². The minimum Gasteiger partial charge on any atom is -0.346 e. The summed E-state index contributed by atoms with van der Waals surface area (Å²) in [5.74, 6) is 0. The Kier molecular flexibility index (Phi) is 31.9. The molecule has 0 heterocycles. The van der Waals surface area contributed by atoms with Crippen molar-refractivity contribution in [3.05, 3.63) is 75.3 Å². The molecule has 0 nitrogen and oxygen atoms in total. The Morgan fingerprint density at radius 3 is 0.733 bits per heavy atom. The summed E-state index contributed by atoms with van der Waals surface area (Å²) in [6.45, 7) is 10.0. The molecule has 2 rings (SSSR count). The number of hydrogen-bond acceptors (Lipinski definition) is 0. The molecule has 0 aromatic carbocycles. The van der Waals surface area contributed by atoms with Crippen molar-refractivity contribution in [1.29, 1.82) is 0 Å². The van der Waals surface area contributed by atoms with Gasteiger partial charge in [0.2, 0.25) is 0 Å². The molecule has 2 radical (unpaired) electrons. The average molecular weight is 280 g/mol. The van der Waals surface area contributed by atoms with Crippen LogP contribution in [-0.4, -0.2) is 0 Å². The molecule has 0 atom stereocenters. The molecule has 1 heteroatoms. The van der Waals surface area contributed by atoms with Gasteiger partial charge in [0.25, 0.3) is 0 Å². The molecule has 2 aliphatic carbocycles. The van der Waals surface area contributed by atoms with Gasteiger partial charge in [0.1, 0.15) is 0 Å². The van der Waals surface area contributed by atoms with Crippen LogP contribution in [0, 0.1) is 26.7 Å². The van der Waals surface area contributed by atoms with E-state index in [-0.39, 0.29) is 26.2 Å². The summed E-state index contributed by atoms with van der Waals surface area (Å²) in [5, 5.41) is 0. The van der Waals surface area contributed by atoms with Crippen LogP contribution in [0.4, 0.5) is 0 Å². The fourth-order valence-corrected chi connectivity index (χ4v) is 0.642. The largest absolute Gasteiger partial charge is 2.00 e. The van der Waals surface area contributed by atoms with Crippen molar-refractivity contribution >= 4 is 0 Å². The van der Waals surface area contributed by atoms with Crippen molar-refractivity contribution in [3.8, 4) is 0 Å². The zero-order valence-corrected chi connectivity index (χ0v) is 12.1. The van der Waals surface area contributed by atoms with Crippen LogP contribution < -0.4 is 0 Å². The molecule has 80 valence electrons. The topological polar surface area (TPSA) is 0 Å². The van der Waals surface area contributed by atoms with Gasteiger partial charge in [-0.05, 0) is 0 Å². The molecule has 0 bridgehead atoms. The average Bonchev–Trinajstić information content (AvgIpc) is 3.01. The maximum Gasteiger partial charge on any atom is 2.00 e. The van der Waals surface area contributed by atoms with Crippen molar-refractivity contribution in [2.75, 3.05) is 0 Å². The number of hydrogen-bond donors (Lipinski definition) is 0. The second kappa shape index (κ2) is 23.6. The molecule has 15 heavy (non-hydrogen) atoms. The molecule has 0 aliphatic heterocycles. The first-order valence-corrected chi connectivity index (χ1v) is 4.75. The first kappa shape index (κ1) is 20.3. The maximum atomic E-state index is 3.25. The van der Waals surface area contributed by atoms with Crippen LogP contribution in [0.3, 0.4) is 0 Å². The minimum absolute atomic E-state index is 0. The van der Waals surface area contributed by atoms with Crippen LogP contribution >= 0.6 is 0 Å². The van der Waals surface area contributed by atoms with E-state index in [1.54, 1.807) is 13.8 Å². The molecule has 0 aromatic heterocycles. The van der Waals surface area contributed by atoms with Gasteiger partial charge < -0.3 is 13.8 Å². The summed E-state index contributed by atoms with van der Waals surface area (Å²) in [4.78, 5) is 0. The fourth-order valence-electron chi connectivity index (χ4n) is 0.642. The van der Waals surface area contributed by atoms with Gasteiger partial charge in [0.05, 0.1) is 0 Å². The Morgan fingerprint density at radius 2 is 0.667 bits per heavy atom. The van der Waals surface area contributed by atoms with Crippen LogP contribution in [0.25, 0.3) is 0 Å². The second-order valence-corrected chi connectivity index (χ2v) is 1.92. The molecule has 0 saturated heterocycles. The zero-order valence-electron chi connectivity index (χ0n) is 9.69. The standard InChI is InChI=1S/2C5H5.2C2H5.Zr/c2*1-2-4-5-3-1;2*1-2;/h2*1-5H;2*1H2,2H3;/q;;2*-1;+2. The molecular formula is C14H20Zr. The van der Waals surface area contributed by atoms with Crippen LogP contribution in [0.2, 0.25) is 0 Å². The third kappa shape index (κ3) is 20.0. The summed E-state index contributed by atoms with van der Waals surface area (Å²) >= 11 is 0. The molecule has 0 N–H and O–H groups in total.